The highest BCUT2D eigenvalue weighted by Gasteiger charge is 2.32. The fourth-order valence-corrected chi connectivity index (χ4v) is 3.08. The van der Waals surface area contributed by atoms with E-state index in [4.69, 9.17) is 4.74 Å². The lowest BCUT2D eigenvalue weighted by Crippen LogP contribution is -2.45. The number of alkyl halides is 3. The van der Waals surface area contributed by atoms with Gasteiger partial charge in [-0.25, -0.2) is 0 Å². The van der Waals surface area contributed by atoms with Gasteiger partial charge in [-0.05, 0) is 18.4 Å². The first-order chi connectivity index (χ1) is 11.3. The fourth-order valence-electron chi connectivity index (χ4n) is 3.08. The maximum Gasteiger partial charge on any atom is 0.573 e. The van der Waals surface area contributed by atoms with Gasteiger partial charge in [-0.3, -0.25) is 4.90 Å². The second kappa shape index (κ2) is 11.1. The zero-order valence-electron chi connectivity index (χ0n) is 15.1. The Hall–Kier alpha value is -0.890. The van der Waals surface area contributed by atoms with Crippen molar-refractivity contribution < 1.29 is 22.6 Å². The zero-order chi connectivity index (χ0) is 17.7. The number of methoxy groups -OCH3 is 1. The first-order valence-corrected chi connectivity index (χ1v) is 8.18. The molecule has 26 heavy (non-hydrogen) atoms. The highest BCUT2D eigenvalue weighted by Crippen LogP contribution is 2.37. The van der Waals surface area contributed by atoms with Crippen LogP contribution in [-0.4, -0.2) is 44.6 Å². The van der Waals surface area contributed by atoms with Crippen LogP contribution in [0.15, 0.2) is 18.2 Å². The summed E-state index contributed by atoms with van der Waals surface area (Å²) >= 11 is 0. The third-order valence-corrected chi connectivity index (χ3v) is 4.08. The van der Waals surface area contributed by atoms with Crippen LogP contribution in [0.1, 0.15) is 31.9 Å². The smallest absolute Gasteiger partial charge is 0.496 e. The summed E-state index contributed by atoms with van der Waals surface area (Å²) in [6, 6.07) is 4.48. The lowest BCUT2D eigenvalue weighted by atomic mass is 9.94. The summed E-state index contributed by atoms with van der Waals surface area (Å²) in [5, 5.41) is 3.32. The summed E-state index contributed by atoms with van der Waals surface area (Å²) in [4.78, 5) is 2.36. The van der Waals surface area contributed by atoms with E-state index in [9.17, 15) is 13.2 Å². The average molecular weight is 419 g/mol. The highest BCUT2D eigenvalue weighted by molar-refractivity contribution is 5.85. The van der Waals surface area contributed by atoms with Crippen LogP contribution in [0.2, 0.25) is 0 Å². The molecular weight excluding hydrogens is 392 g/mol. The molecule has 1 saturated heterocycles. The molecule has 1 aromatic carbocycles. The molecule has 0 saturated carbocycles. The average Bonchev–Trinajstić information content (AvgIpc) is 2.52. The number of hydrogen-bond acceptors (Lipinski definition) is 4. The second-order valence-electron chi connectivity index (χ2n) is 6.38. The number of halogens is 5. The van der Waals surface area contributed by atoms with Crippen LogP contribution < -0.4 is 14.8 Å². The molecule has 1 aliphatic heterocycles. The number of nitrogens with zero attached hydrogens (tertiary/aromatic N) is 1. The minimum Gasteiger partial charge on any atom is -0.496 e. The van der Waals surface area contributed by atoms with E-state index in [2.05, 4.69) is 28.8 Å². The van der Waals surface area contributed by atoms with Crippen molar-refractivity contribution in [2.75, 3.05) is 33.3 Å². The van der Waals surface area contributed by atoms with Crippen LogP contribution in [0.3, 0.4) is 0 Å². The minimum atomic E-state index is -4.71. The predicted molar refractivity (Wildman–Crippen MR) is 101 cm³/mol. The molecule has 1 heterocycles. The third kappa shape index (κ3) is 7.39. The van der Waals surface area contributed by atoms with Gasteiger partial charge >= 0.3 is 6.36 Å². The molecular formula is C17H27Cl2F3N2O2. The molecule has 4 nitrogen and oxygen atoms in total. The van der Waals surface area contributed by atoms with Gasteiger partial charge < -0.3 is 14.8 Å². The molecule has 1 fully saturated rings. The van der Waals surface area contributed by atoms with E-state index < -0.39 is 6.36 Å². The number of piperazine rings is 1. The molecule has 0 unspecified atom stereocenters. The van der Waals surface area contributed by atoms with E-state index in [0.717, 1.165) is 38.2 Å². The number of benzene rings is 1. The van der Waals surface area contributed by atoms with Crippen molar-refractivity contribution in [2.24, 2.45) is 5.92 Å². The van der Waals surface area contributed by atoms with Gasteiger partial charge in [0.15, 0.2) is 0 Å². The highest BCUT2D eigenvalue weighted by atomic mass is 35.5. The van der Waals surface area contributed by atoms with Crippen molar-refractivity contribution >= 4 is 24.8 Å². The largest absolute Gasteiger partial charge is 0.573 e. The number of nitrogens with one attached hydrogen (secondary N) is 1. The molecule has 1 N–H and O–H groups in total. The standard InChI is InChI=1S/C17H25F3N2O2.2ClH/c1-12(2)10-15(22-8-6-21-7-9-22)14-5-4-13(11-16(14)23-3)24-17(18,19)20;;/h4-5,11-12,15,21H,6-10H2,1-3H3;2*1H/t15-;;/m1../s1. The quantitative estimate of drug-likeness (QED) is 0.740. The monoisotopic (exact) mass is 418 g/mol. The summed E-state index contributed by atoms with van der Waals surface area (Å²) in [5.74, 6) is 0.633. The summed E-state index contributed by atoms with van der Waals surface area (Å²) in [7, 11) is 1.47. The van der Waals surface area contributed by atoms with E-state index >= 15 is 0 Å². The van der Waals surface area contributed by atoms with E-state index in [1.807, 2.05) is 0 Å². The van der Waals surface area contributed by atoms with Crippen LogP contribution in [0, 0.1) is 5.92 Å². The predicted octanol–water partition coefficient (Wildman–Crippen LogP) is 4.43. The van der Waals surface area contributed by atoms with Gasteiger partial charge in [0.2, 0.25) is 0 Å². The van der Waals surface area contributed by atoms with Crippen molar-refractivity contribution in [3.05, 3.63) is 23.8 Å². The Bertz CT molecular complexity index is 539. The SMILES string of the molecule is COc1cc(OC(F)(F)F)ccc1[C@@H](CC(C)C)N1CCNCC1.Cl.Cl. The van der Waals surface area contributed by atoms with Crippen molar-refractivity contribution in [1.82, 2.24) is 10.2 Å². The molecule has 0 radical (unpaired) electrons. The first kappa shape index (κ1) is 25.1. The third-order valence-electron chi connectivity index (χ3n) is 4.08. The summed E-state index contributed by atoms with van der Waals surface area (Å²) in [6.07, 6.45) is -3.79. The maximum atomic E-state index is 12.4. The molecule has 0 spiro atoms. The zero-order valence-corrected chi connectivity index (χ0v) is 16.8. The van der Waals surface area contributed by atoms with Crippen molar-refractivity contribution in [3.8, 4) is 11.5 Å². The number of rotatable bonds is 6. The Morgan fingerprint density at radius 1 is 1.15 bits per heavy atom. The van der Waals surface area contributed by atoms with Gasteiger partial charge in [-0.1, -0.05) is 19.9 Å². The Balaban J connectivity index is 0.00000312. The van der Waals surface area contributed by atoms with Crippen molar-refractivity contribution in [1.29, 1.82) is 0 Å². The van der Waals surface area contributed by atoms with Crippen LogP contribution in [-0.2, 0) is 0 Å². The normalized spacial score (nSPS) is 16.4. The van der Waals surface area contributed by atoms with E-state index in [0.29, 0.717) is 11.7 Å². The van der Waals surface area contributed by atoms with Crippen LogP contribution in [0.5, 0.6) is 11.5 Å². The van der Waals surface area contributed by atoms with Gasteiger partial charge in [0.1, 0.15) is 11.5 Å². The lowest BCUT2D eigenvalue weighted by Gasteiger charge is -2.36. The fraction of sp³-hybridized carbons (Fsp3) is 0.647. The van der Waals surface area contributed by atoms with Crippen LogP contribution in [0.25, 0.3) is 0 Å². The molecule has 2 rings (SSSR count). The molecule has 0 aliphatic carbocycles. The Labute approximate surface area is 165 Å². The van der Waals surface area contributed by atoms with Crippen LogP contribution in [0.4, 0.5) is 13.2 Å². The Morgan fingerprint density at radius 3 is 2.27 bits per heavy atom. The Morgan fingerprint density at radius 2 is 1.77 bits per heavy atom. The van der Waals surface area contributed by atoms with Gasteiger partial charge in [-0.15, -0.1) is 38.0 Å². The molecule has 1 aliphatic rings. The van der Waals surface area contributed by atoms with Gasteiger partial charge in [0.05, 0.1) is 7.11 Å². The molecule has 1 aromatic rings. The molecule has 0 aromatic heterocycles. The van der Waals surface area contributed by atoms with Gasteiger partial charge in [-0.2, -0.15) is 0 Å². The summed E-state index contributed by atoms with van der Waals surface area (Å²) in [5.41, 5.74) is 0.905. The molecule has 0 amide bonds. The first-order valence-electron chi connectivity index (χ1n) is 8.18. The lowest BCUT2D eigenvalue weighted by molar-refractivity contribution is -0.274. The van der Waals surface area contributed by atoms with Crippen molar-refractivity contribution in [3.63, 3.8) is 0 Å². The van der Waals surface area contributed by atoms with Crippen molar-refractivity contribution in [2.45, 2.75) is 32.7 Å². The minimum absolute atomic E-state index is 0. The van der Waals surface area contributed by atoms with Gasteiger partial charge in [0, 0.05) is 43.9 Å². The van der Waals surface area contributed by atoms with Crippen LogP contribution >= 0.6 is 24.8 Å². The van der Waals surface area contributed by atoms with E-state index in [-0.39, 0.29) is 36.6 Å². The number of hydrogen-bond donors (Lipinski definition) is 1. The Kier molecular flexibility index (Phi) is 10.7. The summed E-state index contributed by atoms with van der Waals surface area (Å²) in [6.45, 7) is 7.91. The summed E-state index contributed by atoms with van der Waals surface area (Å²) < 4.78 is 46.6. The second-order valence-corrected chi connectivity index (χ2v) is 6.38. The van der Waals surface area contributed by atoms with E-state index in [1.165, 1.54) is 19.2 Å². The van der Waals surface area contributed by atoms with E-state index in [1.54, 1.807) is 6.07 Å². The van der Waals surface area contributed by atoms with Gasteiger partial charge in [0.25, 0.3) is 0 Å². The maximum absolute atomic E-state index is 12.4. The molecule has 1 atom stereocenters. The topological polar surface area (TPSA) is 33.7 Å². The molecule has 152 valence electrons. The molecule has 9 heteroatoms. The molecule has 0 bridgehead atoms. The number of ether oxygens (including phenoxy) is 2.